The molecule has 0 fully saturated rings. The van der Waals surface area contributed by atoms with E-state index < -0.39 is 0 Å². The zero-order valence-corrected chi connectivity index (χ0v) is 9.91. The Morgan fingerprint density at radius 2 is 1.80 bits per heavy atom. The maximum atomic E-state index is 9.34. The molecule has 0 rings (SSSR count). The lowest BCUT2D eigenvalue weighted by molar-refractivity contribution is -0.00119. The van der Waals surface area contributed by atoms with Crippen molar-refractivity contribution >= 4 is 0 Å². The molecule has 0 spiro atoms. The van der Waals surface area contributed by atoms with E-state index in [2.05, 4.69) is 0 Å². The van der Waals surface area contributed by atoms with Crippen LogP contribution >= 0.6 is 0 Å². The van der Waals surface area contributed by atoms with Crippen LogP contribution in [0, 0.1) is 0 Å². The predicted octanol–water partition coefficient (Wildman–Crippen LogP) is 1.22. The van der Waals surface area contributed by atoms with Crippen LogP contribution in [0.5, 0.6) is 0 Å². The number of aliphatic hydroxyl groups excluding tert-OH is 1. The number of aliphatic hydroxyl groups is 1. The quantitative estimate of drug-likeness (QED) is 0.532. The van der Waals surface area contributed by atoms with E-state index >= 15 is 0 Å². The van der Waals surface area contributed by atoms with Crippen molar-refractivity contribution in [1.82, 2.24) is 0 Å². The maximum absolute atomic E-state index is 9.34. The van der Waals surface area contributed by atoms with E-state index in [0.717, 1.165) is 25.9 Å². The van der Waals surface area contributed by atoms with Crippen LogP contribution in [0.25, 0.3) is 0 Å². The number of ether oxygens (including phenoxy) is 3. The summed E-state index contributed by atoms with van der Waals surface area (Å²) in [5, 5.41) is 9.34. The number of hydrogen-bond donors (Lipinski definition) is 1. The molecule has 0 aromatic carbocycles. The van der Waals surface area contributed by atoms with E-state index in [4.69, 9.17) is 14.2 Å². The molecule has 15 heavy (non-hydrogen) atoms. The Labute approximate surface area is 92.5 Å². The van der Waals surface area contributed by atoms with E-state index in [0.29, 0.717) is 26.4 Å². The Balaban J connectivity index is 2.98. The first-order valence-corrected chi connectivity index (χ1v) is 5.63. The number of hydrogen-bond acceptors (Lipinski definition) is 4. The molecule has 4 nitrogen and oxygen atoms in total. The molecule has 1 atom stereocenters. The van der Waals surface area contributed by atoms with Gasteiger partial charge in [-0.3, -0.25) is 0 Å². The molecule has 0 saturated carbocycles. The van der Waals surface area contributed by atoms with E-state index in [1.807, 2.05) is 6.92 Å². The van der Waals surface area contributed by atoms with Gasteiger partial charge in [0, 0.05) is 20.3 Å². The van der Waals surface area contributed by atoms with Gasteiger partial charge in [0.15, 0.2) is 0 Å². The fraction of sp³-hybridized carbons (Fsp3) is 1.00. The van der Waals surface area contributed by atoms with Crippen molar-refractivity contribution in [2.24, 2.45) is 0 Å². The summed E-state index contributed by atoms with van der Waals surface area (Å²) < 4.78 is 15.4. The lowest BCUT2D eigenvalue weighted by Gasteiger charge is -2.10. The number of rotatable bonds is 11. The average molecular weight is 220 g/mol. The zero-order chi connectivity index (χ0) is 11.4. The Morgan fingerprint density at radius 3 is 2.47 bits per heavy atom. The van der Waals surface area contributed by atoms with Gasteiger partial charge in [-0.15, -0.1) is 0 Å². The summed E-state index contributed by atoms with van der Waals surface area (Å²) >= 11 is 0. The predicted molar refractivity (Wildman–Crippen MR) is 59.0 cm³/mol. The van der Waals surface area contributed by atoms with Crippen molar-refractivity contribution in [3.8, 4) is 0 Å². The molecule has 0 bridgehead atoms. The van der Waals surface area contributed by atoms with Crippen molar-refractivity contribution in [1.29, 1.82) is 0 Å². The summed E-state index contributed by atoms with van der Waals surface area (Å²) in [6, 6.07) is 0. The van der Waals surface area contributed by atoms with Crippen LogP contribution in [-0.2, 0) is 14.2 Å². The molecule has 4 heteroatoms. The summed E-state index contributed by atoms with van der Waals surface area (Å²) in [6.07, 6.45) is 2.37. The van der Waals surface area contributed by atoms with Crippen LogP contribution in [-0.4, -0.2) is 51.4 Å². The number of methoxy groups -OCH3 is 1. The first-order chi connectivity index (χ1) is 7.31. The molecule has 0 aliphatic carbocycles. The van der Waals surface area contributed by atoms with Crippen molar-refractivity contribution in [3.63, 3.8) is 0 Å². The third-order valence-electron chi connectivity index (χ3n) is 1.94. The second-order valence-electron chi connectivity index (χ2n) is 3.48. The first kappa shape index (κ1) is 14.8. The summed E-state index contributed by atoms with van der Waals surface area (Å²) in [6.45, 7) is 5.03. The van der Waals surface area contributed by atoms with Crippen LogP contribution in [0.1, 0.15) is 26.2 Å². The van der Waals surface area contributed by atoms with Gasteiger partial charge in [0.1, 0.15) is 0 Å². The fourth-order valence-electron chi connectivity index (χ4n) is 1.16. The van der Waals surface area contributed by atoms with Gasteiger partial charge in [-0.05, 0) is 12.8 Å². The lowest BCUT2D eigenvalue weighted by atomic mass is 10.2. The molecule has 0 aromatic heterocycles. The maximum Gasteiger partial charge on any atom is 0.0773 e. The molecule has 0 amide bonds. The van der Waals surface area contributed by atoms with Gasteiger partial charge >= 0.3 is 0 Å². The standard InChI is InChI=1S/C11H24O4/c1-3-5-11(12)10-15-9-8-14-7-4-6-13-2/h11-12H,3-10H2,1-2H3. The van der Waals surface area contributed by atoms with Gasteiger partial charge in [0.2, 0.25) is 0 Å². The fourth-order valence-corrected chi connectivity index (χ4v) is 1.16. The molecule has 0 radical (unpaired) electrons. The van der Waals surface area contributed by atoms with Gasteiger partial charge in [0.05, 0.1) is 25.9 Å². The molecular weight excluding hydrogens is 196 g/mol. The molecular formula is C11H24O4. The molecule has 0 heterocycles. The van der Waals surface area contributed by atoms with Crippen molar-refractivity contribution in [2.45, 2.75) is 32.3 Å². The molecule has 92 valence electrons. The Kier molecular flexibility index (Phi) is 11.8. The summed E-state index contributed by atoms with van der Waals surface area (Å²) in [7, 11) is 1.68. The molecule has 0 aliphatic rings. The van der Waals surface area contributed by atoms with Gasteiger partial charge in [0.25, 0.3) is 0 Å². The van der Waals surface area contributed by atoms with E-state index in [-0.39, 0.29) is 6.10 Å². The second kappa shape index (κ2) is 11.9. The highest BCUT2D eigenvalue weighted by Gasteiger charge is 2.01. The Morgan fingerprint density at radius 1 is 1.07 bits per heavy atom. The van der Waals surface area contributed by atoms with Crippen LogP contribution in [0.15, 0.2) is 0 Å². The molecule has 0 aromatic rings. The van der Waals surface area contributed by atoms with Crippen LogP contribution in [0.2, 0.25) is 0 Å². The minimum atomic E-state index is -0.330. The highest BCUT2D eigenvalue weighted by Crippen LogP contribution is 1.96. The second-order valence-corrected chi connectivity index (χ2v) is 3.48. The van der Waals surface area contributed by atoms with Gasteiger partial charge in [-0.25, -0.2) is 0 Å². The van der Waals surface area contributed by atoms with E-state index in [1.165, 1.54) is 0 Å². The third kappa shape index (κ3) is 11.8. The van der Waals surface area contributed by atoms with Crippen LogP contribution in [0.4, 0.5) is 0 Å². The van der Waals surface area contributed by atoms with Crippen LogP contribution in [0.3, 0.4) is 0 Å². The van der Waals surface area contributed by atoms with Crippen LogP contribution < -0.4 is 0 Å². The first-order valence-electron chi connectivity index (χ1n) is 5.63. The Hall–Kier alpha value is -0.160. The third-order valence-corrected chi connectivity index (χ3v) is 1.94. The molecule has 0 saturated heterocycles. The van der Waals surface area contributed by atoms with Crippen molar-refractivity contribution in [2.75, 3.05) is 40.1 Å². The topological polar surface area (TPSA) is 47.9 Å². The van der Waals surface area contributed by atoms with E-state index in [1.54, 1.807) is 7.11 Å². The highest BCUT2D eigenvalue weighted by molar-refractivity contribution is 4.51. The smallest absolute Gasteiger partial charge is 0.0773 e. The van der Waals surface area contributed by atoms with E-state index in [9.17, 15) is 5.11 Å². The summed E-state index contributed by atoms with van der Waals surface area (Å²) in [5.41, 5.74) is 0. The minimum absolute atomic E-state index is 0.330. The van der Waals surface area contributed by atoms with Gasteiger partial charge < -0.3 is 19.3 Å². The summed E-state index contributed by atoms with van der Waals surface area (Å²) in [4.78, 5) is 0. The monoisotopic (exact) mass is 220 g/mol. The van der Waals surface area contributed by atoms with Gasteiger partial charge in [-0.2, -0.15) is 0 Å². The molecule has 0 aliphatic heterocycles. The summed E-state index contributed by atoms with van der Waals surface area (Å²) in [5.74, 6) is 0. The lowest BCUT2D eigenvalue weighted by Crippen LogP contribution is -2.17. The van der Waals surface area contributed by atoms with Crippen molar-refractivity contribution < 1.29 is 19.3 Å². The zero-order valence-electron chi connectivity index (χ0n) is 9.91. The van der Waals surface area contributed by atoms with Crippen molar-refractivity contribution in [3.05, 3.63) is 0 Å². The highest BCUT2D eigenvalue weighted by atomic mass is 16.5. The molecule has 1 N–H and O–H groups in total. The largest absolute Gasteiger partial charge is 0.391 e. The van der Waals surface area contributed by atoms with Gasteiger partial charge in [-0.1, -0.05) is 13.3 Å². The average Bonchev–Trinajstić information content (AvgIpc) is 2.22. The SMILES string of the molecule is CCCC(O)COCCOCCCOC. The Bertz CT molecular complexity index is 119. The molecule has 1 unspecified atom stereocenters. The minimum Gasteiger partial charge on any atom is -0.391 e. The normalized spacial score (nSPS) is 13.0.